The standard InChI is InChI=1S/C11H17N5O2/c1-15(2)10(17)7-16-6-9(13-14-16)12-11(18)8-4-3-5-8/h6,8H,3-5,7H2,1-2H3,(H,12,18). The van der Waals surface area contributed by atoms with E-state index in [1.165, 1.54) is 9.58 Å². The van der Waals surface area contributed by atoms with Crippen LogP contribution in [0.4, 0.5) is 5.82 Å². The van der Waals surface area contributed by atoms with Crippen molar-refractivity contribution in [1.82, 2.24) is 19.9 Å². The van der Waals surface area contributed by atoms with E-state index in [9.17, 15) is 9.59 Å². The summed E-state index contributed by atoms with van der Waals surface area (Å²) in [6, 6.07) is 0. The molecule has 0 unspecified atom stereocenters. The highest BCUT2D eigenvalue weighted by atomic mass is 16.2. The number of hydrogen-bond donors (Lipinski definition) is 1. The van der Waals surface area contributed by atoms with Gasteiger partial charge in [0.25, 0.3) is 0 Å². The first-order valence-electron chi connectivity index (χ1n) is 5.97. The van der Waals surface area contributed by atoms with Crippen LogP contribution in [0, 0.1) is 5.92 Å². The number of nitrogens with one attached hydrogen (secondary N) is 1. The van der Waals surface area contributed by atoms with Gasteiger partial charge >= 0.3 is 0 Å². The number of hydrogen-bond acceptors (Lipinski definition) is 4. The highest BCUT2D eigenvalue weighted by Crippen LogP contribution is 2.27. The van der Waals surface area contributed by atoms with Gasteiger partial charge in [-0.1, -0.05) is 11.6 Å². The first-order chi connectivity index (χ1) is 8.56. The summed E-state index contributed by atoms with van der Waals surface area (Å²) < 4.78 is 1.42. The minimum atomic E-state index is -0.0724. The molecule has 0 saturated heterocycles. The van der Waals surface area contributed by atoms with Gasteiger partial charge in [0.1, 0.15) is 6.54 Å². The molecule has 1 heterocycles. The molecule has 7 heteroatoms. The first-order valence-corrected chi connectivity index (χ1v) is 5.97. The van der Waals surface area contributed by atoms with Crippen LogP contribution >= 0.6 is 0 Å². The average Bonchev–Trinajstić information content (AvgIpc) is 2.62. The fraction of sp³-hybridized carbons (Fsp3) is 0.636. The Morgan fingerprint density at radius 2 is 2.22 bits per heavy atom. The third-order valence-electron chi connectivity index (χ3n) is 3.06. The Morgan fingerprint density at radius 3 is 2.78 bits per heavy atom. The van der Waals surface area contributed by atoms with Gasteiger partial charge in [0.2, 0.25) is 11.8 Å². The normalized spacial score (nSPS) is 15.0. The Morgan fingerprint density at radius 1 is 1.50 bits per heavy atom. The number of carbonyl (C=O) groups excluding carboxylic acids is 2. The Kier molecular flexibility index (Phi) is 3.59. The molecule has 0 aromatic carbocycles. The molecule has 0 bridgehead atoms. The fourth-order valence-corrected chi connectivity index (χ4v) is 1.61. The third-order valence-corrected chi connectivity index (χ3v) is 3.06. The summed E-state index contributed by atoms with van der Waals surface area (Å²) in [5.41, 5.74) is 0. The van der Waals surface area contributed by atoms with Gasteiger partial charge in [-0.3, -0.25) is 9.59 Å². The predicted molar refractivity (Wildman–Crippen MR) is 64.7 cm³/mol. The summed E-state index contributed by atoms with van der Waals surface area (Å²) in [6.07, 6.45) is 4.57. The zero-order chi connectivity index (χ0) is 13.1. The molecule has 0 aliphatic heterocycles. The van der Waals surface area contributed by atoms with Crippen LogP contribution in [-0.4, -0.2) is 45.8 Å². The first kappa shape index (κ1) is 12.5. The van der Waals surface area contributed by atoms with Gasteiger partial charge in [0, 0.05) is 20.0 Å². The summed E-state index contributed by atoms with van der Waals surface area (Å²) in [5.74, 6) is 0.431. The van der Waals surface area contributed by atoms with Crippen LogP contribution in [0.1, 0.15) is 19.3 Å². The van der Waals surface area contributed by atoms with Gasteiger partial charge in [-0.15, -0.1) is 5.10 Å². The van der Waals surface area contributed by atoms with Crippen LogP contribution in [0.3, 0.4) is 0 Å². The van der Waals surface area contributed by atoms with Crippen molar-refractivity contribution >= 4 is 17.6 Å². The Hall–Kier alpha value is -1.92. The van der Waals surface area contributed by atoms with Gasteiger partial charge < -0.3 is 10.2 Å². The van der Waals surface area contributed by atoms with Crippen molar-refractivity contribution in [2.24, 2.45) is 5.92 Å². The van der Waals surface area contributed by atoms with Gasteiger partial charge in [-0.05, 0) is 12.8 Å². The Bertz CT molecular complexity index is 450. The molecular weight excluding hydrogens is 234 g/mol. The van der Waals surface area contributed by atoms with Crippen LogP contribution in [0.5, 0.6) is 0 Å². The number of aromatic nitrogens is 3. The van der Waals surface area contributed by atoms with Crippen molar-refractivity contribution < 1.29 is 9.59 Å². The maximum Gasteiger partial charge on any atom is 0.243 e. The number of rotatable bonds is 4. The van der Waals surface area contributed by atoms with E-state index >= 15 is 0 Å². The van der Waals surface area contributed by atoms with Gasteiger partial charge in [-0.25, -0.2) is 4.68 Å². The lowest BCUT2D eigenvalue weighted by molar-refractivity contribution is -0.129. The van der Waals surface area contributed by atoms with E-state index in [0.717, 1.165) is 19.3 Å². The number of amides is 2. The molecule has 1 aromatic rings. The molecule has 2 amide bonds. The average molecular weight is 251 g/mol. The number of nitrogens with zero attached hydrogens (tertiary/aromatic N) is 4. The molecule has 7 nitrogen and oxygen atoms in total. The van der Waals surface area contributed by atoms with Gasteiger partial charge in [-0.2, -0.15) is 0 Å². The molecular formula is C11H17N5O2. The summed E-state index contributed by atoms with van der Waals surface area (Å²) in [7, 11) is 3.36. The smallest absolute Gasteiger partial charge is 0.243 e. The van der Waals surface area contributed by atoms with Gasteiger partial charge in [0.15, 0.2) is 5.82 Å². The van der Waals surface area contributed by atoms with Crippen LogP contribution in [0.15, 0.2) is 6.20 Å². The number of carbonyl (C=O) groups is 2. The molecule has 1 aliphatic rings. The van der Waals surface area contributed by atoms with Crippen molar-refractivity contribution in [3.63, 3.8) is 0 Å². The predicted octanol–water partition coefficient (Wildman–Crippen LogP) is 0.105. The van der Waals surface area contributed by atoms with E-state index in [0.29, 0.717) is 5.82 Å². The Balaban J connectivity index is 1.89. The molecule has 1 saturated carbocycles. The molecule has 1 aliphatic carbocycles. The quantitative estimate of drug-likeness (QED) is 0.823. The van der Waals surface area contributed by atoms with Crippen molar-refractivity contribution in [1.29, 1.82) is 0 Å². The minimum Gasteiger partial charge on any atom is -0.347 e. The molecule has 2 rings (SSSR count). The SMILES string of the molecule is CN(C)C(=O)Cn1cc(NC(=O)C2CCC2)nn1. The van der Waals surface area contributed by atoms with Crippen molar-refractivity contribution in [3.05, 3.63) is 6.20 Å². The monoisotopic (exact) mass is 251 g/mol. The van der Waals surface area contributed by atoms with Crippen LogP contribution in [0.2, 0.25) is 0 Å². The van der Waals surface area contributed by atoms with E-state index in [1.807, 2.05) is 0 Å². The van der Waals surface area contributed by atoms with Crippen LogP contribution < -0.4 is 5.32 Å². The molecule has 1 aromatic heterocycles. The molecule has 18 heavy (non-hydrogen) atoms. The lowest BCUT2D eigenvalue weighted by Crippen LogP contribution is -2.28. The third kappa shape index (κ3) is 2.85. The fourth-order valence-electron chi connectivity index (χ4n) is 1.61. The summed E-state index contributed by atoms with van der Waals surface area (Å²) >= 11 is 0. The summed E-state index contributed by atoms with van der Waals surface area (Å²) in [4.78, 5) is 24.6. The lowest BCUT2D eigenvalue weighted by Gasteiger charge is -2.23. The molecule has 98 valence electrons. The van der Waals surface area contributed by atoms with E-state index in [1.54, 1.807) is 20.3 Å². The largest absolute Gasteiger partial charge is 0.347 e. The van der Waals surface area contributed by atoms with E-state index in [4.69, 9.17) is 0 Å². The topological polar surface area (TPSA) is 80.1 Å². The number of anilines is 1. The summed E-state index contributed by atoms with van der Waals surface area (Å²) in [6.45, 7) is 0.124. The molecule has 0 spiro atoms. The summed E-state index contributed by atoms with van der Waals surface area (Å²) in [5, 5.41) is 10.3. The van der Waals surface area contributed by atoms with Crippen molar-refractivity contribution in [3.8, 4) is 0 Å². The minimum absolute atomic E-state index is 0.00719. The lowest BCUT2D eigenvalue weighted by atomic mass is 9.85. The van der Waals surface area contributed by atoms with Gasteiger partial charge in [0.05, 0.1) is 6.20 Å². The maximum absolute atomic E-state index is 11.7. The highest BCUT2D eigenvalue weighted by molar-refractivity contribution is 5.92. The highest BCUT2D eigenvalue weighted by Gasteiger charge is 2.25. The second-order valence-corrected chi connectivity index (χ2v) is 4.71. The number of likely N-dealkylation sites (N-methyl/N-ethyl adjacent to an activating group) is 1. The Labute approximate surface area is 105 Å². The molecule has 0 radical (unpaired) electrons. The zero-order valence-corrected chi connectivity index (χ0v) is 10.6. The molecule has 1 fully saturated rings. The molecule has 1 N–H and O–H groups in total. The van der Waals surface area contributed by atoms with Crippen molar-refractivity contribution in [2.75, 3.05) is 19.4 Å². The maximum atomic E-state index is 11.7. The van der Waals surface area contributed by atoms with E-state index < -0.39 is 0 Å². The van der Waals surface area contributed by atoms with E-state index in [-0.39, 0.29) is 24.3 Å². The van der Waals surface area contributed by atoms with Crippen LogP contribution in [0.25, 0.3) is 0 Å². The zero-order valence-electron chi connectivity index (χ0n) is 10.6. The van der Waals surface area contributed by atoms with E-state index in [2.05, 4.69) is 15.6 Å². The second-order valence-electron chi connectivity index (χ2n) is 4.71. The second kappa shape index (κ2) is 5.16. The van der Waals surface area contributed by atoms with Crippen molar-refractivity contribution in [2.45, 2.75) is 25.8 Å². The van der Waals surface area contributed by atoms with Crippen LogP contribution in [-0.2, 0) is 16.1 Å². The molecule has 0 atom stereocenters.